The third kappa shape index (κ3) is 2.09. The van der Waals surface area contributed by atoms with Crippen molar-refractivity contribution in [2.45, 2.75) is 26.2 Å². The second-order valence-electron chi connectivity index (χ2n) is 4.69. The Bertz CT molecular complexity index is 275. The molecule has 2 saturated carbocycles. The fraction of sp³-hybridized carbons (Fsp3) is 0.750. The van der Waals surface area contributed by atoms with Crippen molar-refractivity contribution in [2.24, 2.45) is 17.8 Å². The van der Waals surface area contributed by atoms with Gasteiger partial charge < -0.3 is 4.90 Å². The first kappa shape index (κ1) is 9.58. The van der Waals surface area contributed by atoms with E-state index in [1.807, 2.05) is 4.90 Å². The number of carbonyl (C=O) groups is 1. The molecule has 0 aliphatic heterocycles. The second kappa shape index (κ2) is 3.65. The minimum Gasteiger partial charge on any atom is -0.331 e. The standard InChI is InChI=1S/C12H17NO/c1-3-6-13(8-10-4-5-10)12(14)11-7-9(11)2/h1,9-11H,4-8H2,2H3. The smallest absolute Gasteiger partial charge is 0.226 e. The molecule has 0 N–H and O–H groups in total. The summed E-state index contributed by atoms with van der Waals surface area (Å²) in [5, 5.41) is 0. The maximum absolute atomic E-state index is 11.9. The molecule has 0 aromatic rings. The first-order valence-corrected chi connectivity index (χ1v) is 5.44. The molecule has 2 aliphatic rings. The van der Waals surface area contributed by atoms with Crippen molar-refractivity contribution in [2.75, 3.05) is 13.1 Å². The molecule has 14 heavy (non-hydrogen) atoms. The van der Waals surface area contributed by atoms with E-state index in [1.54, 1.807) is 0 Å². The number of terminal acetylenes is 1. The number of amides is 1. The number of hydrogen-bond acceptors (Lipinski definition) is 1. The van der Waals surface area contributed by atoms with Crippen LogP contribution >= 0.6 is 0 Å². The van der Waals surface area contributed by atoms with Gasteiger partial charge in [0.2, 0.25) is 5.91 Å². The van der Waals surface area contributed by atoms with Gasteiger partial charge in [-0.3, -0.25) is 4.79 Å². The Kier molecular flexibility index (Phi) is 2.50. The Morgan fingerprint density at radius 2 is 2.21 bits per heavy atom. The number of hydrogen-bond donors (Lipinski definition) is 0. The van der Waals surface area contributed by atoms with Crippen molar-refractivity contribution in [1.82, 2.24) is 4.90 Å². The highest BCUT2D eigenvalue weighted by atomic mass is 16.2. The van der Waals surface area contributed by atoms with Crippen LogP contribution in [0.15, 0.2) is 0 Å². The quantitative estimate of drug-likeness (QED) is 0.617. The van der Waals surface area contributed by atoms with Gasteiger partial charge in [0.15, 0.2) is 0 Å². The molecule has 76 valence electrons. The molecule has 2 rings (SSSR count). The van der Waals surface area contributed by atoms with E-state index < -0.39 is 0 Å². The average Bonchev–Trinajstić information content (AvgIpc) is 3.01. The van der Waals surface area contributed by atoms with E-state index in [2.05, 4.69) is 12.8 Å². The number of nitrogens with zero attached hydrogens (tertiary/aromatic N) is 1. The van der Waals surface area contributed by atoms with E-state index in [1.165, 1.54) is 12.8 Å². The van der Waals surface area contributed by atoms with Gasteiger partial charge in [0.05, 0.1) is 6.54 Å². The summed E-state index contributed by atoms with van der Waals surface area (Å²) >= 11 is 0. The van der Waals surface area contributed by atoms with Crippen molar-refractivity contribution < 1.29 is 4.79 Å². The van der Waals surface area contributed by atoms with Gasteiger partial charge in [0.1, 0.15) is 0 Å². The summed E-state index contributed by atoms with van der Waals surface area (Å²) in [5.41, 5.74) is 0. The normalized spacial score (nSPS) is 29.4. The van der Waals surface area contributed by atoms with Crippen molar-refractivity contribution in [3.05, 3.63) is 0 Å². The molecular weight excluding hydrogens is 174 g/mol. The zero-order chi connectivity index (χ0) is 10.1. The van der Waals surface area contributed by atoms with Crippen LogP contribution in [-0.2, 0) is 4.79 Å². The molecule has 0 radical (unpaired) electrons. The molecule has 2 nitrogen and oxygen atoms in total. The predicted molar refractivity (Wildman–Crippen MR) is 55.4 cm³/mol. The van der Waals surface area contributed by atoms with Crippen LogP contribution < -0.4 is 0 Å². The largest absolute Gasteiger partial charge is 0.331 e. The summed E-state index contributed by atoms with van der Waals surface area (Å²) < 4.78 is 0. The van der Waals surface area contributed by atoms with Gasteiger partial charge in [-0.25, -0.2) is 0 Å². The molecule has 0 aromatic carbocycles. The molecule has 0 bridgehead atoms. The summed E-state index contributed by atoms with van der Waals surface area (Å²) in [6.45, 7) is 3.53. The molecule has 0 spiro atoms. The maximum Gasteiger partial charge on any atom is 0.226 e. The van der Waals surface area contributed by atoms with Crippen molar-refractivity contribution in [3.63, 3.8) is 0 Å². The van der Waals surface area contributed by atoms with Crippen LogP contribution in [0.4, 0.5) is 0 Å². The lowest BCUT2D eigenvalue weighted by molar-refractivity contribution is -0.132. The monoisotopic (exact) mass is 191 g/mol. The third-order valence-corrected chi connectivity index (χ3v) is 3.20. The molecule has 2 unspecified atom stereocenters. The van der Waals surface area contributed by atoms with Crippen LogP contribution in [0, 0.1) is 30.1 Å². The topological polar surface area (TPSA) is 20.3 Å². The van der Waals surface area contributed by atoms with Crippen LogP contribution in [-0.4, -0.2) is 23.9 Å². The van der Waals surface area contributed by atoms with Gasteiger partial charge in [0.25, 0.3) is 0 Å². The van der Waals surface area contributed by atoms with Gasteiger partial charge in [-0.2, -0.15) is 0 Å². The highest BCUT2D eigenvalue weighted by molar-refractivity contribution is 5.81. The molecule has 2 fully saturated rings. The maximum atomic E-state index is 11.9. The van der Waals surface area contributed by atoms with Gasteiger partial charge in [-0.1, -0.05) is 12.8 Å². The van der Waals surface area contributed by atoms with Crippen molar-refractivity contribution in [3.8, 4) is 12.3 Å². The number of carbonyl (C=O) groups excluding carboxylic acids is 1. The lowest BCUT2D eigenvalue weighted by atomic mass is 10.2. The Hall–Kier alpha value is -0.970. The lowest BCUT2D eigenvalue weighted by Gasteiger charge is -2.19. The van der Waals surface area contributed by atoms with Crippen LogP contribution in [0.25, 0.3) is 0 Å². The highest BCUT2D eigenvalue weighted by Gasteiger charge is 2.42. The minimum atomic E-state index is 0.280. The van der Waals surface area contributed by atoms with E-state index in [4.69, 9.17) is 6.42 Å². The fourth-order valence-electron chi connectivity index (χ4n) is 1.86. The predicted octanol–water partition coefficient (Wildman–Crippen LogP) is 1.51. The Morgan fingerprint density at radius 1 is 1.57 bits per heavy atom. The van der Waals surface area contributed by atoms with Crippen LogP contribution in [0.3, 0.4) is 0 Å². The molecule has 0 heterocycles. The average molecular weight is 191 g/mol. The van der Waals surface area contributed by atoms with Crippen LogP contribution in [0.1, 0.15) is 26.2 Å². The van der Waals surface area contributed by atoms with Crippen molar-refractivity contribution >= 4 is 5.91 Å². The molecule has 2 atom stereocenters. The van der Waals surface area contributed by atoms with E-state index in [0.717, 1.165) is 18.9 Å². The summed E-state index contributed by atoms with van der Waals surface area (Å²) in [4.78, 5) is 13.8. The van der Waals surface area contributed by atoms with Crippen LogP contribution in [0.5, 0.6) is 0 Å². The molecule has 1 amide bonds. The van der Waals surface area contributed by atoms with Crippen LogP contribution in [0.2, 0.25) is 0 Å². The van der Waals surface area contributed by atoms with Gasteiger partial charge >= 0.3 is 0 Å². The minimum absolute atomic E-state index is 0.280. The molecule has 0 saturated heterocycles. The lowest BCUT2D eigenvalue weighted by Crippen LogP contribution is -2.34. The SMILES string of the molecule is C#CCN(CC1CC1)C(=O)C1CC1C. The van der Waals surface area contributed by atoms with E-state index in [-0.39, 0.29) is 5.92 Å². The Labute approximate surface area is 85.7 Å². The molecule has 0 aromatic heterocycles. The van der Waals surface area contributed by atoms with E-state index in [0.29, 0.717) is 18.4 Å². The van der Waals surface area contributed by atoms with Crippen molar-refractivity contribution in [1.29, 1.82) is 0 Å². The number of rotatable bonds is 4. The molecule has 2 aliphatic carbocycles. The molecular formula is C12H17NO. The van der Waals surface area contributed by atoms with Gasteiger partial charge in [-0.15, -0.1) is 6.42 Å². The molecule has 2 heteroatoms. The second-order valence-corrected chi connectivity index (χ2v) is 4.69. The van der Waals surface area contributed by atoms with Gasteiger partial charge in [-0.05, 0) is 31.1 Å². The van der Waals surface area contributed by atoms with Gasteiger partial charge in [0, 0.05) is 12.5 Å². The summed E-state index contributed by atoms with van der Waals surface area (Å²) in [7, 11) is 0. The summed E-state index contributed by atoms with van der Waals surface area (Å²) in [6.07, 6.45) is 8.88. The zero-order valence-electron chi connectivity index (χ0n) is 8.70. The van der Waals surface area contributed by atoms with E-state index in [9.17, 15) is 4.79 Å². The fourth-order valence-corrected chi connectivity index (χ4v) is 1.86. The first-order valence-electron chi connectivity index (χ1n) is 5.44. The Balaban J connectivity index is 1.88. The zero-order valence-corrected chi connectivity index (χ0v) is 8.70. The summed E-state index contributed by atoms with van der Waals surface area (Å²) in [6, 6.07) is 0. The Morgan fingerprint density at radius 3 is 2.64 bits per heavy atom. The summed E-state index contributed by atoms with van der Waals surface area (Å²) in [5.74, 6) is 4.48. The first-order chi connectivity index (χ1) is 6.72. The third-order valence-electron chi connectivity index (χ3n) is 3.20. The highest BCUT2D eigenvalue weighted by Crippen LogP contribution is 2.40. The van der Waals surface area contributed by atoms with E-state index >= 15 is 0 Å².